The molecule has 8 heteroatoms. The molecule has 0 saturated heterocycles. The molecule has 0 aliphatic heterocycles. The fraction of sp³-hybridized carbons (Fsp3) is 0.176. The Kier molecular flexibility index (Phi) is 6.26. The lowest BCUT2D eigenvalue weighted by Gasteiger charge is -2.09. The first kappa shape index (κ1) is 18.6. The number of hydrogen-bond acceptors (Lipinski definition) is 4. The second kappa shape index (κ2) is 8.41. The standard InChI is InChI=1S/C17H19N3O4S/c1-13-7-9-14(10-8-13)17(22)20-19-16(21)11-12-18-25(23,24)15-5-3-2-4-6-15/h2-10,18H,11-12H2,1H3,(H,19,21)(H,20,22). The molecule has 3 N–H and O–H groups in total. The van der Waals surface area contributed by atoms with Crippen LogP contribution in [0.4, 0.5) is 0 Å². The third-order valence-electron chi connectivity index (χ3n) is 3.33. The molecule has 0 atom stereocenters. The first-order valence-corrected chi connectivity index (χ1v) is 9.07. The van der Waals surface area contributed by atoms with Gasteiger partial charge in [-0.15, -0.1) is 0 Å². The molecule has 132 valence electrons. The predicted molar refractivity (Wildman–Crippen MR) is 93.0 cm³/mol. The number of carbonyl (C=O) groups is 2. The van der Waals surface area contributed by atoms with Crippen molar-refractivity contribution in [3.05, 3.63) is 65.7 Å². The largest absolute Gasteiger partial charge is 0.273 e. The van der Waals surface area contributed by atoms with Gasteiger partial charge in [-0.25, -0.2) is 13.1 Å². The van der Waals surface area contributed by atoms with Gasteiger partial charge in [-0.2, -0.15) is 0 Å². The van der Waals surface area contributed by atoms with Gasteiger partial charge in [-0.05, 0) is 31.2 Å². The van der Waals surface area contributed by atoms with Crippen molar-refractivity contribution in [2.75, 3.05) is 6.54 Å². The summed E-state index contributed by atoms with van der Waals surface area (Å²) in [5, 5.41) is 0. The fourth-order valence-electron chi connectivity index (χ4n) is 1.95. The first-order valence-electron chi connectivity index (χ1n) is 7.59. The third-order valence-corrected chi connectivity index (χ3v) is 4.80. The molecular formula is C17H19N3O4S. The van der Waals surface area contributed by atoms with E-state index in [1.165, 1.54) is 12.1 Å². The minimum Gasteiger partial charge on any atom is -0.273 e. The van der Waals surface area contributed by atoms with Gasteiger partial charge < -0.3 is 0 Å². The highest BCUT2D eigenvalue weighted by molar-refractivity contribution is 7.89. The van der Waals surface area contributed by atoms with Gasteiger partial charge in [0.05, 0.1) is 4.90 Å². The maximum Gasteiger partial charge on any atom is 0.269 e. The number of amides is 2. The molecule has 2 aromatic rings. The van der Waals surface area contributed by atoms with Crippen molar-refractivity contribution in [2.45, 2.75) is 18.2 Å². The lowest BCUT2D eigenvalue weighted by atomic mass is 10.1. The van der Waals surface area contributed by atoms with E-state index in [0.29, 0.717) is 5.56 Å². The van der Waals surface area contributed by atoms with Gasteiger partial charge in [-0.1, -0.05) is 35.9 Å². The van der Waals surface area contributed by atoms with E-state index in [-0.39, 0.29) is 17.9 Å². The van der Waals surface area contributed by atoms with E-state index in [4.69, 9.17) is 0 Å². The third kappa shape index (κ3) is 5.70. The molecule has 0 fully saturated rings. The molecule has 0 heterocycles. The SMILES string of the molecule is Cc1ccc(C(=O)NNC(=O)CCNS(=O)(=O)c2ccccc2)cc1. The summed E-state index contributed by atoms with van der Waals surface area (Å²) < 4.78 is 26.3. The summed E-state index contributed by atoms with van der Waals surface area (Å²) in [4.78, 5) is 23.7. The molecule has 2 aromatic carbocycles. The van der Waals surface area contributed by atoms with Crippen LogP contribution in [0, 0.1) is 6.92 Å². The summed E-state index contributed by atoms with van der Waals surface area (Å²) in [5.74, 6) is -0.950. The molecule has 25 heavy (non-hydrogen) atoms. The highest BCUT2D eigenvalue weighted by Gasteiger charge is 2.13. The zero-order valence-electron chi connectivity index (χ0n) is 13.7. The summed E-state index contributed by atoms with van der Waals surface area (Å²) in [7, 11) is -3.65. The van der Waals surface area contributed by atoms with E-state index in [1.807, 2.05) is 6.92 Å². The van der Waals surface area contributed by atoms with Gasteiger partial charge in [0.1, 0.15) is 0 Å². The molecule has 0 spiro atoms. The second-order valence-corrected chi connectivity index (χ2v) is 7.10. The molecular weight excluding hydrogens is 342 g/mol. The van der Waals surface area contributed by atoms with Crippen LogP contribution in [0.3, 0.4) is 0 Å². The van der Waals surface area contributed by atoms with Crippen molar-refractivity contribution in [2.24, 2.45) is 0 Å². The van der Waals surface area contributed by atoms with E-state index < -0.39 is 21.8 Å². The van der Waals surface area contributed by atoms with Crippen molar-refractivity contribution in [1.82, 2.24) is 15.6 Å². The monoisotopic (exact) mass is 361 g/mol. The van der Waals surface area contributed by atoms with Crippen molar-refractivity contribution < 1.29 is 18.0 Å². The minimum absolute atomic E-state index is 0.0799. The van der Waals surface area contributed by atoms with E-state index in [1.54, 1.807) is 42.5 Å². The summed E-state index contributed by atoms with van der Waals surface area (Å²) in [5.41, 5.74) is 5.96. The highest BCUT2D eigenvalue weighted by Crippen LogP contribution is 2.06. The molecule has 0 aromatic heterocycles. The molecule has 0 bridgehead atoms. The van der Waals surface area contributed by atoms with Crippen molar-refractivity contribution in [1.29, 1.82) is 0 Å². The number of hydrazine groups is 1. The number of hydrogen-bond donors (Lipinski definition) is 3. The molecule has 2 amide bonds. The van der Waals surface area contributed by atoms with Gasteiger partial charge in [-0.3, -0.25) is 20.4 Å². The van der Waals surface area contributed by atoms with Crippen molar-refractivity contribution in [3.8, 4) is 0 Å². The Balaban J connectivity index is 1.75. The number of sulfonamides is 1. The summed E-state index contributed by atoms with van der Waals surface area (Å²) in [6.45, 7) is 1.82. The maximum atomic E-state index is 12.0. The van der Waals surface area contributed by atoms with Crippen LogP contribution in [0.2, 0.25) is 0 Å². The number of aryl methyl sites for hydroxylation is 1. The Morgan fingerprint density at radius 3 is 2.20 bits per heavy atom. The van der Waals surface area contributed by atoms with Crippen LogP contribution in [0.1, 0.15) is 22.3 Å². The highest BCUT2D eigenvalue weighted by atomic mass is 32.2. The van der Waals surface area contributed by atoms with Crippen LogP contribution in [-0.2, 0) is 14.8 Å². The van der Waals surface area contributed by atoms with Crippen LogP contribution in [0.15, 0.2) is 59.5 Å². The van der Waals surface area contributed by atoms with Gasteiger partial charge in [0.2, 0.25) is 15.9 Å². The summed E-state index contributed by atoms with van der Waals surface area (Å²) in [6, 6.07) is 14.7. The number of carbonyl (C=O) groups excluding carboxylic acids is 2. The Hall–Kier alpha value is -2.71. The number of rotatable bonds is 6. The number of nitrogens with one attached hydrogen (secondary N) is 3. The van der Waals surface area contributed by atoms with E-state index in [9.17, 15) is 18.0 Å². The molecule has 0 aliphatic rings. The van der Waals surface area contributed by atoms with Gasteiger partial charge in [0.15, 0.2) is 0 Å². The quantitative estimate of drug-likeness (QED) is 0.671. The minimum atomic E-state index is -3.65. The Bertz CT molecular complexity index is 834. The first-order chi connectivity index (χ1) is 11.9. The fourth-order valence-corrected chi connectivity index (χ4v) is 3.00. The van der Waals surface area contributed by atoms with Gasteiger partial charge >= 0.3 is 0 Å². The molecule has 0 saturated carbocycles. The Morgan fingerprint density at radius 1 is 0.920 bits per heavy atom. The lowest BCUT2D eigenvalue weighted by Crippen LogP contribution is -2.42. The summed E-state index contributed by atoms with van der Waals surface area (Å²) >= 11 is 0. The van der Waals surface area contributed by atoms with Crippen LogP contribution >= 0.6 is 0 Å². The van der Waals surface area contributed by atoms with Gasteiger partial charge in [0.25, 0.3) is 5.91 Å². The topological polar surface area (TPSA) is 104 Å². The van der Waals surface area contributed by atoms with Crippen molar-refractivity contribution in [3.63, 3.8) is 0 Å². The van der Waals surface area contributed by atoms with Gasteiger partial charge in [0, 0.05) is 18.5 Å². The number of benzene rings is 2. The average Bonchev–Trinajstić information content (AvgIpc) is 2.61. The van der Waals surface area contributed by atoms with Crippen LogP contribution in [0.25, 0.3) is 0 Å². The molecule has 0 radical (unpaired) electrons. The maximum absolute atomic E-state index is 12.0. The Morgan fingerprint density at radius 2 is 1.56 bits per heavy atom. The van der Waals surface area contributed by atoms with E-state index >= 15 is 0 Å². The zero-order valence-corrected chi connectivity index (χ0v) is 14.5. The Labute approximate surface area is 146 Å². The van der Waals surface area contributed by atoms with Crippen LogP contribution < -0.4 is 15.6 Å². The van der Waals surface area contributed by atoms with Crippen LogP contribution in [0.5, 0.6) is 0 Å². The average molecular weight is 361 g/mol. The van der Waals surface area contributed by atoms with E-state index in [2.05, 4.69) is 15.6 Å². The van der Waals surface area contributed by atoms with Crippen molar-refractivity contribution >= 4 is 21.8 Å². The summed E-state index contributed by atoms with van der Waals surface area (Å²) in [6.07, 6.45) is -0.111. The zero-order chi connectivity index (χ0) is 18.3. The second-order valence-electron chi connectivity index (χ2n) is 5.33. The molecule has 0 aliphatic carbocycles. The predicted octanol–water partition coefficient (Wildman–Crippen LogP) is 1.12. The molecule has 7 nitrogen and oxygen atoms in total. The molecule has 2 rings (SSSR count). The van der Waals surface area contributed by atoms with Crippen LogP contribution in [-0.4, -0.2) is 26.8 Å². The normalized spacial score (nSPS) is 10.9. The molecule has 0 unspecified atom stereocenters. The van der Waals surface area contributed by atoms with E-state index in [0.717, 1.165) is 5.56 Å². The lowest BCUT2D eigenvalue weighted by molar-refractivity contribution is -0.121. The smallest absolute Gasteiger partial charge is 0.269 e.